The lowest BCUT2D eigenvalue weighted by molar-refractivity contribution is -0.161. The van der Waals surface area contributed by atoms with E-state index >= 15 is 0 Å². The predicted molar refractivity (Wildman–Crippen MR) is 312 cm³/mol. The van der Waals surface area contributed by atoms with Crippen molar-refractivity contribution in [3.05, 3.63) is 0 Å². The Morgan fingerprint density at radius 1 is 0.354 bits per heavy atom. The first-order valence-electron chi connectivity index (χ1n) is 31.7. The largest absolute Gasteiger partial charge is 0.472 e. The summed E-state index contributed by atoms with van der Waals surface area (Å²) in [6, 6.07) is 0. The third-order valence-electron chi connectivity index (χ3n) is 14.1. The Bertz CT molecular complexity index is 1550. The van der Waals surface area contributed by atoms with E-state index in [1.54, 1.807) is 0 Å². The number of esters is 4. The van der Waals surface area contributed by atoms with Crippen LogP contribution < -0.4 is 0 Å². The topological polar surface area (TPSA) is 237 Å². The van der Waals surface area contributed by atoms with Gasteiger partial charge in [0.1, 0.15) is 19.3 Å². The van der Waals surface area contributed by atoms with E-state index in [0.29, 0.717) is 25.7 Å². The minimum Gasteiger partial charge on any atom is -0.462 e. The molecule has 0 amide bonds. The number of rotatable bonds is 60. The van der Waals surface area contributed by atoms with E-state index in [1.807, 2.05) is 0 Å². The Morgan fingerprint density at radius 2 is 0.608 bits per heavy atom. The molecule has 0 bridgehead atoms. The first-order valence-corrected chi connectivity index (χ1v) is 34.7. The third-order valence-corrected chi connectivity index (χ3v) is 16.0. The second kappa shape index (κ2) is 54.0. The molecule has 0 fully saturated rings. The summed E-state index contributed by atoms with van der Waals surface area (Å²) in [6.45, 7) is 6.98. The maximum Gasteiger partial charge on any atom is 0.472 e. The first-order chi connectivity index (χ1) is 38.1. The summed E-state index contributed by atoms with van der Waals surface area (Å²) in [7, 11) is -9.86. The SMILES string of the molecule is CCCCCCCCCCCCCCCCCCCC(=O)O[C@H](COC(=O)CCCCCCCCCCC(C)CC)COP(=O)(O)OC[C@@H](O)COP(=O)(O)OC[C@@H](COC(=O)CCCCCCC)OC(=O)CCCCCCC. The van der Waals surface area contributed by atoms with E-state index in [9.17, 15) is 43.2 Å². The highest BCUT2D eigenvalue weighted by molar-refractivity contribution is 7.47. The van der Waals surface area contributed by atoms with Crippen LogP contribution in [0.5, 0.6) is 0 Å². The van der Waals surface area contributed by atoms with Gasteiger partial charge in [0.25, 0.3) is 0 Å². The number of carbonyl (C=O) groups excluding carboxylic acids is 4. The Kier molecular flexibility index (Phi) is 52.7. The fourth-order valence-corrected chi connectivity index (χ4v) is 10.4. The molecule has 17 nitrogen and oxygen atoms in total. The Morgan fingerprint density at radius 3 is 0.899 bits per heavy atom. The average Bonchev–Trinajstić information content (AvgIpc) is 3.42. The molecule has 0 spiro atoms. The van der Waals surface area contributed by atoms with Gasteiger partial charge in [-0.25, -0.2) is 9.13 Å². The third kappa shape index (κ3) is 53.8. The Balaban J connectivity index is 5.11. The lowest BCUT2D eigenvalue weighted by Gasteiger charge is -2.21. The second-order valence-corrected chi connectivity index (χ2v) is 24.9. The van der Waals surface area contributed by atoms with Gasteiger partial charge in [-0.15, -0.1) is 0 Å². The van der Waals surface area contributed by atoms with E-state index < -0.39 is 97.5 Å². The molecule has 0 heterocycles. The summed E-state index contributed by atoms with van der Waals surface area (Å²) in [4.78, 5) is 71.5. The molecule has 0 rings (SSSR count). The second-order valence-electron chi connectivity index (χ2n) is 22.0. The smallest absolute Gasteiger partial charge is 0.462 e. The highest BCUT2D eigenvalue weighted by atomic mass is 31.2. The van der Waals surface area contributed by atoms with Crippen molar-refractivity contribution in [2.45, 2.75) is 316 Å². The molecule has 0 saturated carbocycles. The van der Waals surface area contributed by atoms with Crippen molar-refractivity contribution in [2.75, 3.05) is 39.6 Å². The number of ether oxygens (including phenoxy) is 4. The van der Waals surface area contributed by atoms with Crippen LogP contribution >= 0.6 is 15.6 Å². The molecule has 0 aliphatic heterocycles. The van der Waals surface area contributed by atoms with Crippen LogP contribution in [0.25, 0.3) is 0 Å². The average molecular weight is 1170 g/mol. The van der Waals surface area contributed by atoms with Crippen LogP contribution in [0.4, 0.5) is 0 Å². The van der Waals surface area contributed by atoms with Crippen LogP contribution in [0, 0.1) is 5.92 Å². The molecule has 0 aromatic rings. The van der Waals surface area contributed by atoms with Crippen LogP contribution in [-0.2, 0) is 65.4 Å². The number of phosphoric ester groups is 2. The van der Waals surface area contributed by atoms with Crippen LogP contribution in [0.1, 0.15) is 298 Å². The lowest BCUT2D eigenvalue weighted by Crippen LogP contribution is -2.30. The highest BCUT2D eigenvalue weighted by Crippen LogP contribution is 2.45. The summed E-state index contributed by atoms with van der Waals surface area (Å²) in [6.07, 6.45) is 37.0. The highest BCUT2D eigenvalue weighted by Gasteiger charge is 2.30. The summed E-state index contributed by atoms with van der Waals surface area (Å²) in [5.74, 6) is -1.38. The number of hydrogen-bond acceptors (Lipinski definition) is 15. The van der Waals surface area contributed by atoms with Crippen molar-refractivity contribution in [3.8, 4) is 0 Å². The van der Waals surface area contributed by atoms with Crippen LogP contribution in [0.3, 0.4) is 0 Å². The maximum absolute atomic E-state index is 12.9. The van der Waals surface area contributed by atoms with E-state index in [1.165, 1.54) is 116 Å². The molecule has 0 aliphatic rings. The van der Waals surface area contributed by atoms with Crippen molar-refractivity contribution in [2.24, 2.45) is 5.92 Å². The summed E-state index contributed by atoms with van der Waals surface area (Å²) in [5.41, 5.74) is 0. The molecular weight excluding hydrogens is 1050 g/mol. The number of aliphatic hydroxyl groups is 1. The molecule has 0 aliphatic carbocycles. The standard InChI is InChI=1S/C60H116O17P2/c1-6-10-13-16-17-18-19-20-21-22-23-24-25-26-31-36-41-46-60(65)77-56(50-71-58(63)44-39-35-30-28-27-29-34-37-42-53(5)9-4)52-75-79(68,69)73-48-54(61)47-72-78(66,67)74-51-55(76-59(64)45-40-33-15-12-8-3)49-70-57(62)43-38-32-14-11-7-2/h53-56,61H,6-52H2,1-5H3,(H,66,67)(H,68,69)/t53?,54-,55+,56+/m0/s1. The summed E-state index contributed by atoms with van der Waals surface area (Å²) >= 11 is 0. The summed E-state index contributed by atoms with van der Waals surface area (Å²) in [5, 5.41) is 10.5. The molecule has 3 N–H and O–H groups in total. The van der Waals surface area contributed by atoms with E-state index in [4.69, 9.17) is 37.0 Å². The van der Waals surface area contributed by atoms with Gasteiger partial charge in [-0.3, -0.25) is 37.3 Å². The normalized spacial score (nSPS) is 14.7. The Labute approximate surface area is 479 Å². The van der Waals surface area contributed by atoms with Gasteiger partial charge >= 0.3 is 39.5 Å². The van der Waals surface area contributed by atoms with Crippen molar-refractivity contribution in [3.63, 3.8) is 0 Å². The number of hydrogen-bond donors (Lipinski definition) is 3. The van der Waals surface area contributed by atoms with E-state index in [2.05, 4.69) is 34.6 Å². The summed E-state index contributed by atoms with van der Waals surface area (Å²) < 4.78 is 67.4. The van der Waals surface area contributed by atoms with Gasteiger partial charge in [0.05, 0.1) is 26.4 Å². The van der Waals surface area contributed by atoms with E-state index in [-0.39, 0.29) is 25.7 Å². The zero-order valence-corrected chi connectivity index (χ0v) is 52.3. The molecular formula is C60H116O17P2. The van der Waals surface area contributed by atoms with Gasteiger partial charge in [-0.1, -0.05) is 247 Å². The first kappa shape index (κ1) is 77.1. The number of aliphatic hydroxyl groups excluding tert-OH is 1. The quantitative estimate of drug-likeness (QED) is 0.0222. The molecule has 3 unspecified atom stereocenters. The van der Waals surface area contributed by atoms with Gasteiger partial charge in [0.15, 0.2) is 12.2 Å². The molecule has 79 heavy (non-hydrogen) atoms. The van der Waals surface area contributed by atoms with Crippen molar-refractivity contribution in [1.82, 2.24) is 0 Å². The molecule has 0 radical (unpaired) electrons. The van der Waals surface area contributed by atoms with Gasteiger partial charge < -0.3 is 33.8 Å². The van der Waals surface area contributed by atoms with Gasteiger partial charge in [0, 0.05) is 25.7 Å². The fourth-order valence-electron chi connectivity index (χ4n) is 8.84. The predicted octanol–water partition coefficient (Wildman–Crippen LogP) is 16.2. The van der Waals surface area contributed by atoms with Gasteiger partial charge in [0.2, 0.25) is 0 Å². The van der Waals surface area contributed by atoms with Gasteiger partial charge in [-0.2, -0.15) is 0 Å². The number of phosphoric acid groups is 2. The lowest BCUT2D eigenvalue weighted by atomic mass is 9.99. The molecule has 19 heteroatoms. The zero-order valence-electron chi connectivity index (χ0n) is 50.5. The molecule has 6 atom stereocenters. The number of unbranched alkanes of at least 4 members (excludes halogenated alkanes) is 31. The van der Waals surface area contributed by atoms with Crippen LogP contribution in [-0.4, -0.2) is 96.7 Å². The van der Waals surface area contributed by atoms with Crippen molar-refractivity contribution in [1.29, 1.82) is 0 Å². The minimum absolute atomic E-state index is 0.0988. The van der Waals surface area contributed by atoms with E-state index in [0.717, 1.165) is 102 Å². The molecule has 468 valence electrons. The zero-order chi connectivity index (χ0) is 58.5. The molecule has 0 saturated heterocycles. The fraction of sp³-hybridized carbons (Fsp3) is 0.933. The molecule has 0 aromatic heterocycles. The maximum atomic E-state index is 12.9. The Hall–Kier alpha value is -1.94. The van der Waals surface area contributed by atoms with Crippen LogP contribution in [0.15, 0.2) is 0 Å². The van der Waals surface area contributed by atoms with Crippen molar-refractivity contribution < 1.29 is 80.2 Å². The van der Waals surface area contributed by atoms with Gasteiger partial charge in [-0.05, 0) is 31.6 Å². The molecule has 0 aromatic carbocycles. The van der Waals surface area contributed by atoms with Crippen LogP contribution in [0.2, 0.25) is 0 Å². The minimum atomic E-state index is -4.94. The van der Waals surface area contributed by atoms with Crippen molar-refractivity contribution >= 4 is 39.5 Å². The number of carbonyl (C=O) groups is 4. The monoisotopic (exact) mass is 1170 g/mol.